The number of hydrogen-bond donors (Lipinski definition) is 2. The lowest BCUT2D eigenvalue weighted by molar-refractivity contribution is 1.22. The van der Waals surface area contributed by atoms with Gasteiger partial charge in [-0.05, 0) is 19.1 Å². The maximum absolute atomic E-state index is 11.3. The molecule has 0 amide bonds. The van der Waals surface area contributed by atoms with Crippen LogP contribution in [0.1, 0.15) is 5.69 Å². The summed E-state index contributed by atoms with van der Waals surface area (Å²) < 4.78 is 0. The molecule has 5 nitrogen and oxygen atoms in total. The molecule has 0 fully saturated rings. The number of rotatable bonds is 3. The van der Waals surface area contributed by atoms with Crippen LogP contribution in [0.5, 0.6) is 0 Å². The number of aromatic nitrogens is 3. The first kappa shape index (κ1) is 13.3. The highest BCUT2D eigenvalue weighted by Gasteiger charge is 2.11. The highest BCUT2D eigenvalue weighted by molar-refractivity contribution is 7.15. The van der Waals surface area contributed by atoms with Crippen molar-refractivity contribution in [1.82, 2.24) is 15.0 Å². The van der Waals surface area contributed by atoms with Crippen molar-refractivity contribution in [3.05, 3.63) is 44.1 Å². The number of pyridine rings is 1. The Morgan fingerprint density at radius 2 is 2.25 bits per heavy atom. The number of H-pyrrole nitrogens is 1. The Morgan fingerprint density at radius 1 is 1.40 bits per heavy atom. The average Bonchev–Trinajstić information content (AvgIpc) is 2.99. The minimum absolute atomic E-state index is 0.0700. The summed E-state index contributed by atoms with van der Waals surface area (Å²) in [5, 5.41) is 6.31. The fraction of sp³-hybridized carbons (Fsp3) is 0.0833. The maximum atomic E-state index is 11.3. The molecule has 0 aliphatic carbocycles. The van der Waals surface area contributed by atoms with Crippen LogP contribution >= 0.6 is 34.3 Å². The number of anilines is 2. The number of aromatic amines is 1. The Morgan fingerprint density at radius 3 is 2.90 bits per heavy atom. The van der Waals surface area contributed by atoms with Gasteiger partial charge >= 0.3 is 4.87 Å². The third kappa shape index (κ3) is 2.74. The highest BCUT2D eigenvalue weighted by Crippen LogP contribution is 2.29. The van der Waals surface area contributed by atoms with Gasteiger partial charge in [-0.25, -0.2) is 9.97 Å². The summed E-state index contributed by atoms with van der Waals surface area (Å²) in [5.74, 6) is 0.675. The molecule has 0 aromatic carbocycles. The van der Waals surface area contributed by atoms with E-state index in [1.165, 1.54) is 11.3 Å². The molecule has 0 saturated carbocycles. The topological polar surface area (TPSA) is 70.7 Å². The number of nitrogens with zero attached hydrogens (tertiary/aromatic N) is 2. The van der Waals surface area contributed by atoms with Crippen molar-refractivity contribution >= 4 is 45.2 Å². The first-order valence-electron chi connectivity index (χ1n) is 5.66. The molecule has 0 bridgehead atoms. The second-order valence-corrected chi connectivity index (χ2v) is 6.27. The molecule has 0 aliphatic rings. The first-order valence-corrected chi connectivity index (χ1v) is 7.73. The fourth-order valence-corrected chi connectivity index (χ4v) is 3.34. The number of nitrogens with one attached hydrogen (secondary N) is 2. The third-order valence-electron chi connectivity index (χ3n) is 2.52. The Hall–Kier alpha value is -1.70. The van der Waals surface area contributed by atoms with E-state index in [0.29, 0.717) is 10.8 Å². The third-order valence-corrected chi connectivity index (χ3v) is 4.51. The van der Waals surface area contributed by atoms with Gasteiger partial charge in [-0.2, -0.15) is 0 Å². The summed E-state index contributed by atoms with van der Waals surface area (Å²) in [6.07, 6.45) is 1.57. The molecule has 20 heavy (non-hydrogen) atoms. The minimum Gasteiger partial charge on any atom is -0.316 e. The summed E-state index contributed by atoms with van der Waals surface area (Å²) in [4.78, 5) is 23.5. The van der Waals surface area contributed by atoms with E-state index in [4.69, 9.17) is 11.6 Å². The Kier molecular flexibility index (Phi) is 3.56. The van der Waals surface area contributed by atoms with Gasteiger partial charge in [-0.1, -0.05) is 22.9 Å². The van der Waals surface area contributed by atoms with Crippen molar-refractivity contribution in [3.63, 3.8) is 0 Å². The van der Waals surface area contributed by atoms with Gasteiger partial charge in [0.15, 0.2) is 5.13 Å². The van der Waals surface area contributed by atoms with Gasteiger partial charge in [0.05, 0.1) is 15.6 Å². The van der Waals surface area contributed by atoms with Crippen molar-refractivity contribution < 1.29 is 0 Å². The molecule has 0 atom stereocenters. The zero-order chi connectivity index (χ0) is 14.1. The molecule has 3 heterocycles. The van der Waals surface area contributed by atoms with Crippen LogP contribution in [-0.4, -0.2) is 15.0 Å². The van der Waals surface area contributed by atoms with E-state index in [1.54, 1.807) is 18.3 Å². The van der Waals surface area contributed by atoms with Crippen molar-refractivity contribution in [2.24, 2.45) is 0 Å². The lowest BCUT2D eigenvalue weighted by Crippen LogP contribution is -1.92. The van der Waals surface area contributed by atoms with Gasteiger partial charge in [-0.3, -0.25) is 4.79 Å². The SMILES string of the molecule is Cc1[nH]c(=O)sc1-c1csc(Nc2ccc(Cl)cn2)n1. The Labute approximate surface area is 127 Å². The van der Waals surface area contributed by atoms with Crippen LogP contribution in [0.3, 0.4) is 0 Å². The summed E-state index contributed by atoms with van der Waals surface area (Å²) in [6, 6.07) is 3.54. The molecule has 3 aromatic rings. The smallest absolute Gasteiger partial charge is 0.305 e. The van der Waals surface area contributed by atoms with E-state index in [-0.39, 0.29) is 4.87 Å². The lowest BCUT2D eigenvalue weighted by Gasteiger charge is -2.00. The second-order valence-electron chi connectivity index (χ2n) is 3.99. The molecular formula is C12H9ClN4OS2. The zero-order valence-corrected chi connectivity index (χ0v) is 12.7. The lowest BCUT2D eigenvalue weighted by atomic mass is 10.3. The van der Waals surface area contributed by atoms with Crippen molar-refractivity contribution in [2.45, 2.75) is 6.92 Å². The van der Waals surface area contributed by atoms with E-state index in [9.17, 15) is 4.79 Å². The van der Waals surface area contributed by atoms with Gasteiger partial charge in [0.2, 0.25) is 0 Å². The quantitative estimate of drug-likeness (QED) is 0.771. The molecule has 0 radical (unpaired) electrons. The molecule has 0 unspecified atom stereocenters. The van der Waals surface area contributed by atoms with E-state index < -0.39 is 0 Å². The van der Waals surface area contributed by atoms with Crippen LogP contribution in [0.15, 0.2) is 28.5 Å². The van der Waals surface area contributed by atoms with Crippen LogP contribution in [-0.2, 0) is 0 Å². The molecule has 3 rings (SSSR count). The van der Waals surface area contributed by atoms with Crippen LogP contribution in [0.4, 0.5) is 10.9 Å². The fourth-order valence-electron chi connectivity index (χ4n) is 1.64. The predicted octanol–water partition coefficient (Wildman–Crippen LogP) is 3.66. The molecular weight excluding hydrogens is 316 g/mol. The van der Waals surface area contributed by atoms with Crippen molar-refractivity contribution in [1.29, 1.82) is 0 Å². The predicted molar refractivity (Wildman–Crippen MR) is 83.3 cm³/mol. The normalized spacial score (nSPS) is 10.7. The van der Waals surface area contributed by atoms with Crippen molar-refractivity contribution in [3.8, 4) is 10.6 Å². The van der Waals surface area contributed by atoms with E-state index >= 15 is 0 Å². The van der Waals surface area contributed by atoms with Crippen LogP contribution in [0, 0.1) is 6.92 Å². The Bertz CT molecular complexity index is 790. The van der Waals surface area contributed by atoms with Crippen LogP contribution in [0.2, 0.25) is 5.02 Å². The molecule has 2 N–H and O–H groups in total. The standard InChI is InChI=1S/C12H9ClN4OS2/c1-6-10(20-12(18)15-6)8-5-19-11(16-8)17-9-3-2-7(13)4-14-9/h2-5H,1H3,(H,15,18)(H,14,16,17). The van der Waals surface area contributed by atoms with Crippen LogP contribution in [0.25, 0.3) is 10.6 Å². The van der Waals surface area contributed by atoms with Gasteiger partial charge < -0.3 is 10.3 Å². The molecule has 0 saturated heterocycles. The molecule has 0 aliphatic heterocycles. The van der Waals surface area contributed by atoms with E-state index in [0.717, 1.165) is 32.7 Å². The summed E-state index contributed by atoms with van der Waals surface area (Å²) in [5.41, 5.74) is 1.62. The average molecular weight is 325 g/mol. The number of halogens is 1. The molecule has 8 heteroatoms. The largest absolute Gasteiger partial charge is 0.316 e. The van der Waals surface area contributed by atoms with E-state index in [1.807, 2.05) is 12.3 Å². The van der Waals surface area contributed by atoms with Gasteiger partial charge in [0.25, 0.3) is 0 Å². The molecule has 3 aromatic heterocycles. The summed E-state index contributed by atoms with van der Waals surface area (Å²) in [7, 11) is 0. The summed E-state index contributed by atoms with van der Waals surface area (Å²) >= 11 is 8.40. The molecule has 102 valence electrons. The van der Waals surface area contributed by atoms with Gasteiger partial charge in [-0.15, -0.1) is 11.3 Å². The number of thiazole rings is 2. The molecule has 0 spiro atoms. The number of hydrogen-bond acceptors (Lipinski definition) is 6. The van der Waals surface area contributed by atoms with Gasteiger partial charge in [0, 0.05) is 17.3 Å². The van der Waals surface area contributed by atoms with Crippen molar-refractivity contribution in [2.75, 3.05) is 5.32 Å². The number of aryl methyl sites for hydroxylation is 1. The van der Waals surface area contributed by atoms with E-state index in [2.05, 4.69) is 20.3 Å². The Balaban J connectivity index is 1.85. The summed E-state index contributed by atoms with van der Waals surface area (Å²) in [6.45, 7) is 1.86. The van der Waals surface area contributed by atoms with Crippen LogP contribution < -0.4 is 10.2 Å². The monoisotopic (exact) mass is 324 g/mol. The maximum Gasteiger partial charge on any atom is 0.305 e. The first-order chi connectivity index (χ1) is 9.61. The second kappa shape index (κ2) is 5.35. The minimum atomic E-state index is -0.0700. The zero-order valence-electron chi connectivity index (χ0n) is 10.3. The van der Waals surface area contributed by atoms with Gasteiger partial charge in [0.1, 0.15) is 5.82 Å². The highest BCUT2D eigenvalue weighted by atomic mass is 35.5.